The summed E-state index contributed by atoms with van der Waals surface area (Å²) < 4.78 is 26.6. The summed E-state index contributed by atoms with van der Waals surface area (Å²) in [4.78, 5) is 4.18. The molecule has 7 heteroatoms. The summed E-state index contributed by atoms with van der Waals surface area (Å²) in [6, 6.07) is 6.19. The quantitative estimate of drug-likeness (QED) is 0.509. The molecule has 4 N–H and O–H groups in total. The Kier molecular flexibility index (Phi) is 5.96. The van der Waals surface area contributed by atoms with Crippen LogP contribution in [0.2, 0.25) is 0 Å². The monoisotopic (exact) mass is 364 g/mol. The highest BCUT2D eigenvalue weighted by atomic mass is 32.2. The van der Waals surface area contributed by atoms with Crippen LogP contribution in [-0.4, -0.2) is 33.2 Å². The maximum atomic E-state index is 12.0. The summed E-state index contributed by atoms with van der Waals surface area (Å²) in [6.45, 7) is 0.712. The topological polar surface area (TPSA) is 96.6 Å². The molecule has 1 aromatic carbocycles. The van der Waals surface area contributed by atoms with Gasteiger partial charge in [0.05, 0.1) is 12.3 Å². The van der Waals surface area contributed by atoms with Crippen molar-refractivity contribution in [3.05, 3.63) is 29.3 Å². The lowest BCUT2D eigenvalue weighted by molar-refractivity contribution is 0.316. The zero-order valence-electron chi connectivity index (χ0n) is 14.6. The van der Waals surface area contributed by atoms with Gasteiger partial charge in [-0.15, -0.1) is 0 Å². The first kappa shape index (κ1) is 18.2. The van der Waals surface area contributed by atoms with Crippen LogP contribution >= 0.6 is 0 Å². The molecule has 1 saturated carbocycles. The molecule has 1 fully saturated rings. The number of hydrogen-bond acceptors (Lipinski definition) is 3. The van der Waals surface area contributed by atoms with Gasteiger partial charge in [0, 0.05) is 12.2 Å². The Bertz CT molecular complexity index is 727. The Morgan fingerprint density at radius 1 is 1.20 bits per heavy atom. The van der Waals surface area contributed by atoms with Crippen molar-refractivity contribution in [1.29, 1.82) is 0 Å². The summed E-state index contributed by atoms with van der Waals surface area (Å²) in [6.07, 6.45) is 8.03. The summed E-state index contributed by atoms with van der Waals surface area (Å²) in [5.74, 6) is 0.747. The third kappa shape index (κ3) is 5.19. The Morgan fingerprint density at radius 3 is 2.76 bits per heavy atom. The second-order valence-electron chi connectivity index (χ2n) is 7.01. The maximum absolute atomic E-state index is 12.0. The fourth-order valence-corrected chi connectivity index (χ4v) is 4.34. The van der Waals surface area contributed by atoms with E-state index in [1.807, 2.05) is 12.1 Å². The molecule has 138 valence electrons. The molecular weight excluding hydrogens is 336 g/mol. The van der Waals surface area contributed by atoms with Gasteiger partial charge in [-0.05, 0) is 61.6 Å². The lowest BCUT2D eigenvalue weighted by Crippen LogP contribution is -2.34. The average Bonchev–Trinajstić information content (AvgIpc) is 2.53. The molecule has 0 aromatic heterocycles. The number of guanidine groups is 1. The van der Waals surface area contributed by atoms with E-state index in [4.69, 9.17) is 5.73 Å². The normalized spacial score (nSPS) is 18.5. The highest BCUT2D eigenvalue weighted by Gasteiger charge is 2.20. The lowest BCUT2D eigenvalue weighted by Gasteiger charge is -2.25. The minimum atomic E-state index is -3.28. The van der Waals surface area contributed by atoms with Gasteiger partial charge in [-0.25, -0.2) is 13.1 Å². The van der Waals surface area contributed by atoms with Gasteiger partial charge < -0.3 is 11.1 Å². The van der Waals surface area contributed by atoms with Crippen LogP contribution in [0.15, 0.2) is 23.2 Å². The Balaban J connectivity index is 1.50. The second kappa shape index (κ2) is 8.19. The summed E-state index contributed by atoms with van der Waals surface area (Å²) >= 11 is 0. The van der Waals surface area contributed by atoms with Crippen LogP contribution < -0.4 is 15.8 Å². The average molecular weight is 365 g/mol. The first-order valence-corrected chi connectivity index (χ1v) is 10.8. The smallest absolute Gasteiger partial charge is 0.213 e. The van der Waals surface area contributed by atoms with Gasteiger partial charge in [0.25, 0.3) is 0 Å². The molecule has 0 radical (unpaired) electrons. The first-order chi connectivity index (χ1) is 12.0. The molecule has 2 aliphatic carbocycles. The van der Waals surface area contributed by atoms with E-state index in [0.717, 1.165) is 31.4 Å². The minimum absolute atomic E-state index is 0.0327. The minimum Gasteiger partial charge on any atom is -0.370 e. The van der Waals surface area contributed by atoms with Crippen molar-refractivity contribution in [1.82, 2.24) is 4.72 Å². The number of sulfonamides is 1. The Labute approximate surface area is 150 Å². The molecule has 0 saturated heterocycles. The molecule has 0 amide bonds. The number of rotatable bonds is 7. The Morgan fingerprint density at radius 2 is 2.00 bits per heavy atom. The SMILES string of the molecule is NC(=NCCS(=O)(=O)NCC1CCC1)Nc1cccc2c1CCCC2. The highest BCUT2D eigenvalue weighted by Crippen LogP contribution is 2.27. The number of aliphatic imine (C=N–C) groups is 1. The predicted octanol–water partition coefficient (Wildman–Crippen LogP) is 2.01. The molecule has 0 spiro atoms. The van der Waals surface area contributed by atoms with Gasteiger partial charge in [-0.3, -0.25) is 4.99 Å². The summed E-state index contributed by atoms with van der Waals surface area (Å²) in [7, 11) is -3.28. The summed E-state index contributed by atoms with van der Waals surface area (Å²) in [5.41, 5.74) is 9.61. The molecule has 25 heavy (non-hydrogen) atoms. The number of nitrogens with zero attached hydrogens (tertiary/aromatic N) is 1. The standard InChI is InChI=1S/C18H28N4O2S/c19-18(20-11-12-25(23,24)21-13-14-5-3-6-14)22-17-10-4-8-15-7-1-2-9-16(15)17/h4,8,10,14,21H,1-3,5-7,9,11-13H2,(H3,19,20,22). The third-order valence-corrected chi connectivity index (χ3v) is 6.44. The molecule has 3 rings (SSSR count). The van der Waals surface area contributed by atoms with E-state index in [2.05, 4.69) is 21.1 Å². The molecule has 0 bridgehead atoms. The van der Waals surface area contributed by atoms with Gasteiger partial charge in [-0.2, -0.15) is 0 Å². The Hall–Kier alpha value is -1.60. The van der Waals surface area contributed by atoms with E-state index in [-0.39, 0.29) is 18.3 Å². The van der Waals surface area contributed by atoms with Crippen LogP contribution in [0.5, 0.6) is 0 Å². The van der Waals surface area contributed by atoms with Gasteiger partial charge in [0.1, 0.15) is 0 Å². The van der Waals surface area contributed by atoms with Crippen LogP contribution in [0.25, 0.3) is 0 Å². The first-order valence-electron chi connectivity index (χ1n) is 9.18. The van der Waals surface area contributed by atoms with E-state index < -0.39 is 10.0 Å². The van der Waals surface area contributed by atoms with Crippen LogP contribution in [0.1, 0.15) is 43.2 Å². The lowest BCUT2D eigenvalue weighted by atomic mass is 9.86. The van der Waals surface area contributed by atoms with Crippen molar-refractivity contribution in [2.45, 2.75) is 44.9 Å². The van der Waals surface area contributed by atoms with E-state index in [9.17, 15) is 8.42 Å². The number of anilines is 1. The number of aryl methyl sites for hydroxylation is 1. The van der Waals surface area contributed by atoms with Crippen molar-refractivity contribution >= 4 is 21.7 Å². The zero-order chi connectivity index (χ0) is 17.7. The van der Waals surface area contributed by atoms with Crippen molar-refractivity contribution in [2.24, 2.45) is 16.6 Å². The van der Waals surface area contributed by atoms with Crippen molar-refractivity contribution < 1.29 is 8.42 Å². The largest absolute Gasteiger partial charge is 0.370 e. The van der Waals surface area contributed by atoms with Gasteiger partial charge >= 0.3 is 0 Å². The second-order valence-corrected chi connectivity index (χ2v) is 8.93. The number of hydrogen-bond donors (Lipinski definition) is 3. The molecule has 0 unspecified atom stereocenters. The van der Waals surface area contributed by atoms with Gasteiger partial charge in [-0.1, -0.05) is 18.6 Å². The van der Waals surface area contributed by atoms with Gasteiger partial charge in [0.15, 0.2) is 5.96 Å². The molecule has 0 atom stereocenters. The predicted molar refractivity (Wildman–Crippen MR) is 102 cm³/mol. The molecule has 6 nitrogen and oxygen atoms in total. The number of benzene rings is 1. The number of nitrogens with one attached hydrogen (secondary N) is 2. The number of fused-ring (bicyclic) bond motifs is 1. The van der Waals surface area contributed by atoms with E-state index in [1.165, 1.54) is 30.4 Å². The highest BCUT2D eigenvalue weighted by molar-refractivity contribution is 7.89. The fourth-order valence-electron chi connectivity index (χ4n) is 3.38. The van der Waals surface area contributed by atoms with Crippen LogP contribution in [0.4, 0.5) is 5.69 Å². The van der Waals surface area contributed by atoms with Crippen LogP contribution in [-0.2, 0) is 22.9 Å². The zero-order valence-corrected chi connectivity index (χ0v) is 15.4. The molecule has 0 heterocycles. The molecule has 2 aliphatic rings. The number of nitrogens with two attached hydrogens (primary N) is 1. The van der Waals surface area contributed by atoms with Crippen molar-refractivity contribution in [3.8, 4) is 0 Å². The van der Waals surface area contributed by atoms with E-state index in [1.54, 1.807) is 0 Å². The van der Waals surface area contributed by atoms with E-state index in [0.29, 0.717) is 12.5 Å². The van der Waals surface area contributed by atoms with Gasteiger partial charge in [0.2, 0.25) is 10.0 Å². The van der Waals surface area contributed by atoms with Crippen molar-refractivity contribution in [3.63, 3.8) is 0 Å². The van der Waals surface area contributed by atoms with Crippen LogP contribution in [0.3, 0.4) is 0 Å². The van der Waals surface area contributed by atoms with Crippen molar-refractivity contribution in [2.75, 3.05) is 24.2 Å². The van der Waals surface area contributed by atoms with E-state index >= 15 is 0 Å². The molecule has 1 aromatic rings. The maximum Gasteiger partial charge on any atom is 0.213 e. The molecule has 0 aliphatic heterocycles. The van der Waals surface area contributed by atoms with Crippen LogP contribution in [0, 0.1) is 5.92 Å². The fraction of sp³-hybridized carbons (Fsp3) is 0.611. The molecular formula is C18H28N4O2S. The summed E-state index contributed by atoms with van der Waals surface area (Å²) in [5, 5.41) is 3.14. The third-order valence-electron chi connectivity index (χ3n) is 5.12.